The summed E-state index contributed by atoms with van der Waals surface area (Å²) in [4.78, 5) is 18.2. The average molecular weight is 188 g/mol. The zero-order chi connectivity index (χ0) is 9.97. The molecule has 1 aromatic carbocycles. The Bertz CT molecular complexity index is 544. The number of hydrogen-bond donors (Lipinski definition) is 2. The molecule has 3 N–H and O–H groups in total. The van der Waals surface area contributed by atoms with Crippen molar-refractivity contribution in [3.63, 3.8) is 0 Å². The van der Waals surface area contributed by atoms with E-state index in [1.165, 1.54) is 6.21 Å². The van der Waals surface area contributed by atoms with Crippen LogP contribution in [0.25, 0.3) is 10.9 Å². The van der Waals surface area contributed by atoms with Crippen molar-refractivity contribution in [3.8, 4) is 0 Å². The second-order valence-electron chi connectivity index (χ2n) is 2.75. The van der Waals surface area contributed by atoms with Crippen LogP contribution in [-0.4, -0.2) is 16.2 Å². The second kappa shape index (κ2) is 3.29. The Hall–Kier alpha value is -2.17. The monoisotopic (exact) mass is 188 g/mol. The number of hydrazone groups is 1. The van der Waals surface area contributed by atoms with Crippen LogP contribution in [0.4, 0.5) is 0 Å². The first-order valence-electron chi connectivity index (χ1n) is 4.03. The van der Waals surface area contributed by atoms with Crippen molar-refractivity contribution < 1.29 is 0 Å². The lowest BCUT2D eigenvalue weighted by Crippen LogP contribution is -2.11. The van der Waals surface area contributed by atoms with Gasteiger partial charge in [0.05, 0.1) is 17.1 Å². The van der Waals surface area contributed by atoms with Gasteiger partial charge in [0.15, 0.2) is 5.82 Å². The van der Waals surface area contributed by atoms with Crippen molar-refractivity contribution in [2.45, 2.75) is 0 Å². The highest BCUT2D eigenvalue weighted by Gasteiger charge is 1.99. The molecule has 5 nitrogen and oxygen atoms in total. The van der Waals surface area contributed by atoms with Crippen LogP contribution in [0.15, 0.2) is 34.2 Å². The minimum Gasteiger partial charge on any atom is -0.323 e. The Morgan fingerprint density at radius 2 is 2.21 bits per heavy atom. The first-order chi connectivity index (χ1) is 6.81. The molecule has 1 aromatic heterocycles. The number of benzene rings is 1. The van der Waals surface area contributed by atoms with E-state index in [0.717, 1.165) is 0 Å². The standard InChI is InChI=1S/C9H8N4O/c10-11-5-8-12-7-4-2-1-3-6(7)9(14)13-8/h1-5H,10H2,(H,12,13,14). The van der Waals surface area contributed by atoms with Crippen molar-refractivity contribution in [2.24, 2.45) is 10.9 Å². The van der Waals surface area contributed by atoms with Gasteiger partial charge < -0.3 is 10.8 Å². The zero-order valence-corrected chi connectivity index (χ0v) is 7.27. The Labute approximate surface area is 79.3 Å². The molecule has 0 aliphatic heterocycles. The maximum atomic E-state index is 11.5. The molecule has 0 saturated heterocycles. The highest BCUT2D eigenvalue weighted by atomic mass is 16.1. The van der Waals surface area contributed by atoms with Gasteiger partial charge in [0.25, 0.3) is 5.56 Å². The first-order valence-corrected chi connectivity index (χ1v) is 4.03. The summed E-state index contributed by atoms with van der Waals surface area (Å²) in [5.41, 5.74) is 0.441. The fourth-order valence-electron chi connectivity index (χ4n) is 1.24. The molecule has 0 unspecified atom stereocenters. The molecule has 2 rings (SSSR count). The summed E-state index contributed by atoms with van der Waals surface area (Å²) in [6.07, 6.45) is 1.30. The second-order valence-corrected chi connectivity index (χ2v) is 2.75. The van der Waals surface area contributed by atoms with E-state index in [0.29, 0.717) is 16.7 Å². The molecule has 0 bridgehead atoms. The predicted molar refractivity (Wildman–Crippen MR) is 54.1 cm³/mol. The third-order valence-corrected chi connectivity index (χ3v) is 1.83. The topological polar surface area (TPSA) is 84.1 Å². The van der Waals surface area contributed by atoms with Crippen molar-refractivity contribution in [1.29, 1.82) is 0 Å². The molecule has 5 heteroatoms. The number of fused-ring (bicyclic) bond motifs is 1. The van der Waals surface area contributed by atoms with Gasteiger partial charge in [-0.1, -0.05) is 12.1 Å². The predicted octanol–water partition coefficient (Wildman–Crippen LogP) is 0.216. The Kier molecular flexibility index (Phi) is 1.98. The van der Waals surface area contributed by atoms with Crippen LogP contribution in [0.3, 0.4) is 0 Å². The van der Waals surface area contributed by atoms with Crippen molar-refractivity contribution >= 4 is 17.1 Å². The van der Waals surface area contributed by atoms with E-state index >= 15 is 0 Å². The summed E-state index contributed by atoms with van der Waals surface area (Å²) in [6.45, 7) is 0. The van der Waals surface area contributed by atoms with Crippen LogP contribution < -0.4 is 11.4 Å². The van der Waals surface area contributed by atoms with E-state index < -0.39 is 0 Å². The molecule has 0 saturated carbocycles. The Balaban J connectivity index is 2.79. The summed E-state index contributed by atoms with van der Waals surface area (Å²) in [7, 11) is 0. The van der Waals surface area contributed by atoms with E-state index in [1.54, 1.807) is 18.2 Å². The molecule has 70 valence electrons. The van der Waals surface area contributed by atoms with Gasteiger partial charge in [-0.3, -0.25) is 4.79 Å². The highest BCUT2D eigenvalue weighted by Crippen LogP contribution is 2.04. The minimum atomic E-state index is -0.189. The molecule has 2 aromatic rings. The third-order valence-electron chi connectivity index (χ3n) is 1.83. The molecule has 0 amide bonds. The highest BCUT2D eigenvalue weighted by molar-refractivity contribution is 5.82. The summed E-state index contributed by atoms with van der Waals surface area (Å²) in [5.74, 6) is 5.32. The molecule has 1 heterocycles. The number of nitrogens with two attached hydrogens (primary N) is 1. The number of aromatic nitrogens is 2. The van der Waals surface area contributed by atoms with Gasteiger partial charge in [-0.05, 0) is 12.1 Å². The van der Waals surface area contributed by atoms with Crippen LogP contribution >= 0.6 is 0 Å². The first kappa shape index (κ1) is 8.43. The van der Waals surface area contributed by atoms with Crippen LogP contribution in [0, 0.1) is 0 Å². The number of aromatic amines is 1. The normalized spacial score (nSPS) is 11.1. The molecule has 0 spiro atoms. The van der Waals surface area contributed by atoms with Crippen LogP contribution in [0.1, 0.15) is 5.82 Å². The lowest BCUT2D eigenvalue weighted by atomic mass is 10.2. The number of hydrogen-bond acceptors (Lipinski definition) is 4. The number of rotatable bonds is 1. The van der Waals surface area contributed by atoms with Crippen molar-refractivity contribution in [1.82, 2.24) is 9.97 Å². The van der Waals surface area contributed by atoms with Gasteiger partial charge in [0.1, 0.15) is 0 Å². The van der Waals surface area contributed by atoms with Gasteiger partial charge >= 0.3 is 0 Å². The summed E-state index contributed by atoms with van der Waals surface area (Å²) < 4.78 is 0. The van der Waals surface area contributed by atoms with Gasteiger partial charge in [-0.2, -0.15) is 5.10 Å². The lowest BCUT2D eigenvalue weighted by molar-refractivity contribution is 1.13. The van der Waals surface area contributed by atoms with E-state index in [1.807, 2.05) is 6.07 Å². The van der Waals surface area contributed by atoms with E-state index in [9.17, 15) is 4.79 Å². The van der Waals surface area contributed by atoms with Crippen molar-refractivity contribution in [3.05, 3.63) is 40.4 Å². The van der Waals surface area contributed by atoms with Crippen molar-refractivity contribution in [2.75, 3.05) is 0 Å². The van der Waals surface area contributed by atoms with E-state index in [2.05, 4.69) is 15.1 Å². The van der Waals surface area contributed by atoms with Gasteiger partial charge in [-0.25, -0.2) is 4.98 Å². The van der Waals surface area contributed by atoms with E-state index in [-0.39, 0.29) is 5.56 Å². The molecular weight excluding hydrogens is 180 g/mol. The Morgan fingerprint density at radius 1 is 1.43 bits per heavy atom. The molecule has 0 aliphatic rings. The fraction of sp³-hybridized carbons (Fsp3) is 0. The number of nitrogens with zero attached hydrogens (tertiary/aromatic N) is 2. The smallest absolute Gasteiger partial charge is 0.259 e. The van der Waals surface area contributed by atoms with Gasteiger partial charge in [0, 0.05) is 0 Å². The molecule has 0 aliphatic carbocycles. The Morgan fingerprint density at radius 3 is 3.00 bits per heavy atom. The van der Waals surface area contributed by atoms with Crippen LogP contribution in [0.2, 0.25) is 0 Å². The number of H-pyrrole nitrogens is 1. The van der Waals surface area contributed by atoms with E-state index in [4.69, 9.17) is 5.84 Å². The quantitative estimate of drug-likeness (QED) is 0.381. The zero-order valence-electron chi connectivity index (χ0n) is 7.27. The van der Waals surface area contributed by atoms with Crippen LogP contribution in [0.5, 0.6) is 0 Å². The van der Waals surface area contributed by atoms with Gasteiger partial charge in [-0.15, -0.1) is 0 Å². The maximum Gasteiger partial charge on any atom is 0.259 e. The SMILES string of the molecule is NN=Cc1nc2ccccc2c(=O)[nH]1. The average Bonchev–Trinajstić information content (AvgIpc) is 2.18. The molecule has 0 atom stereocenters. The molecule has 0 radical (unpaired) electrons. The largest absolute Gasteiger partial charge is 0.323 e. The minimum absolute atomic E-state index is 0.189. The molecule has 0 fully saturated rings. The lowest BCUT2D eigenvalue weighted by Gasteiger charge is -1.96. The van der Waals surface area contributed by atoms with Gasteiger partial charge in [0.2, 0.25) is 0 Å². The molecule has 14 heavy (non-hydrogen) atoms. The number of para-hydroxylation sites is 1. The fourth-order valence-corrected chi connectivity index (χ4v) is 1.24. The summed E-state index contributed by atoms with van der Waals surface area (Å²) in [6, 6.07) is 7.08. The maximum absolute atomic E-state index is 11.5. The number of nitrogens with one attached hydrogen (secondary N) is 1. The summed E-state index contributed by atoms with van der Waals surface area (Å²) >= 11 is 0. The van der Waals surface area contributed by atoms with Crippen LogP contribution in [-0.2, 0) is 0 Å². The molecular formula is C9H8N4O. The third kappa shape index (κ3) is 1.35. The summed E-state index contributed by atoms with van der Waals surface area (Å²) in [5, 5.41) is 3.85.